The van der Waals surface area contributed by atoms with Crippen LogP contribution in [0, 0.1) is 0 Å². The van der Waals surface area contributed by atoms with E-state index in [1.54, 1.807) is 36.4 Å². The van der Waals surface area contributed by atoms with E-state index in [2.05, 4.69) is 10.6 Å². The minimum atomic E-state index is -0.337. The number of halogens is 1. The van der Waals surface area contributed by atoms with Crippen LogP contribution in [-0.4, -0.2) is 52.8 Å². The molecule has 2 N–H and O–H groups in total. The summed E-state index contributed by atoms with van der Waals surface area (Å²) < 4.78 is 21.0. The zero-order chi connectivity index (χ0) is 21.2. The average Bonchev–Trinajstić information content (AvgIpc) is 2.74. The van der Waals surface area contributed by atoms with Crippen LogP contribution in [0.3, 0.4) is 0 Å². The highest BCUT2D eigenvalue weighted by molar-refractivity contribution is 6.30. The summed E-state index contributed by atoms with van der Waals surface area (Å²) in [5.74, 6) is 1.06. The quantitative estimate of drug-likeness (QED) is 0.570. The summed E-state index contributed by atoms with van der Waals surface area (Å²) in [5, 5.41) is 5.96. The first-order valence-electron chi connectivity index (χ1n) is 8.71. The van der Waals surface area contributed by atoms with E-state index in [-0.39, 0.29) is 31.5 Å². The van der Waals surface area contributed by atoms with Gasteiger partial charge in [0.15, 0.2) is 18.1 Å². The van der Waals surface area contributed by atoms with Crippen LogP contribution in [0.5, 0.6) is 23.0 Å². The summed E-state index contributed by atoms with van der Waals surface area (Å²) in [4.78, 5) is 24.2. The molecule has 0 heterocycles. The monoisotopic (exact) mass is 422 g/mol. The van der Waals surface area contributed by atoms with Crippen LogP contribution in [-0.2, 0) is 4.79 Å². The van der Waals surface area contributed by atoms with Gasteiger partial charge in [-0.3, -0.25) is 9.59 Å². The number of hydrogen-bond donors (Lipinski definition) is 2. The second-order valence-corrected chi connectivity index (χ2v) is 6.20. The Labute approximate surface area is 174 Å². The van der Waals surface area contributed by atoms with Crippen molar-refractivity contribution in [1.29, 1.82) is 0 Å². The molecule has 0 radical (unpaired) electrons. The van der Waals surface area contributed by atoms with Crippen molar-refractivity contribution in [3.63, 3.8) is 0 Å². The molecule has 2 aromatic rings. The van der Waals surface area contributed by atoms with Gasteiger partial charge in [-0.25, -0.2) is 0 Å². The summed E-state index contributed by atoms with van der Waals surface area (Å²) in [6.45, 7) is 0.351. The van der Waals surface area contributed by atoms with Gasteiger partial charge in [-0.1, -0.05) is 11.6 Å². The maximum Gasteiger partial charge on any atom is 0.258 e. The Bertz CT molecular complexity index is 816. The van der Waals surface area contributed by atoms with E-state index in [1.807, 2.05) is 0 Å². The van der Waals surface area contributed by atoms with Crippen molar-refractivity contribution >= 4 is 23.4 Å². The normalized spacial score (nSPS) is 10.1. The molecule has 9 heteroatoms. The number of benzene rings is 2. The summed E-state index contributed by atoms with van der Waals surface area (Å²) >= 11 is 5.79. The van der Waals surface area contributed by atoms with Crippen LogP contribution in [0.2, 0.25) is 5.02 Å². The minimum Gasteiger partial charge on any atom is -0.493 e. The van der Waals surface area contributed by atoms with E-state index in [1.165, 1.54) is 21.3 Å². The highest BCUT2D eigenvalue weighted by Crippen LogP contribution is 2.38. The maximum absolute atomic E-state index is 12.4. The molecular weight excluding hydrogens is 400 g/mol. The highest BCUT2D eigenvalue weighted by Gasteiger charge is 2.16. The Kier molecular flexibility index (Phi) is 8.42. The lowest BCUT2D eigenvalue weighted by Gasteiger charge is -2.14. The third kappa shape index (κ3) is 6.46. The number of hydrogen-bond acceptors (Lipinski definition) is 6. The van der Waals surface area contributed by atoms with Gasteiger partial charge in [0.25, 0.3) is 11.8 Å². The lowest BCUT2D eigenvalue weighted by Crippen LogP contribution is -2.36. The first kappa shape index (κ1) is 22.2. The van der Waals surface area contributed by atoms with Gasteiger partial charge in [0.2, 0.25) is 5.75 Å². The molecule has 0 spiro atoms. The van der Waals surface area contributed by atoms with Gasteiger partial charge in [-0.15, -0.1) is 0 Å². The number of methoxy groups -OCH3 is 3. The molecule has 156 valence electrons. The largest absolute Gasteiger partial charge is 0.493 e. The van der Waals surface area contributed by atoms with Gasteiger partial charge in [0, 0.05) is 23.7 Å². The van der Waals surface area contributed by atoms with Gasteiger partial charge < -0.3 is 29.6 Å². The van der Waals surface area contributed by atoms with Gasteiger partial charge >= 0.3 is 0 Å². The molecule has 0 aliphatic heterocycles. The molecule has 0 saturated carbocycles. The van der Waals surface area contributed by atoms with E-state index in [0.717, 1.165) is 0 Å². The van der Waals surface area contributed by atoms with Crippen molar-refractivity contribution in [2.75, 3.05) is 41.0 Å². The number of rotatable bonds is 10. The van der Waals surface area contributed by atoms with Crippen molar-refractivity contribution in [2.45, 2.75) is 0 Å². The molecule has 0 atom stereocenters. The van der Waals surface area contributed by atoms with Crippen LogP contribution in [0.25, 0.3) is 0 Å². The van der Waals surface area contributed by atoms with E-state index in [0.29, 0.717) is 33.6 Å². The number of carbonyl (C=O) groups excluding carboxylic acids is 2. The van der Waals surface area contributed by atoms with Crippen LogP contribution >= 0.6 is 11.6 Å². The smallest absolute Gasteiger partial charge is 0.258 e. The van der Waals surface area contributed by atoms with Crippen LogP contribution in [0.15, 0.2) is 36.4 Å². The Morgan fingerprint density at radius 3 is 2.03 bits per heavy atom. The molecule has 0 bridgehead atoms. The Hall–Kier alpha value is -3.13. The van der Waals surface area contributed by atoms with Crippen LogP contribution < -0.4 is 29.6 Å². The Morgan fingerprint density at radius 2 is 1.48 bits per heavy atom. The molecule has 0 saturated heterocycles. The number of ether oxygens (including phenoxy) is 4. The first-order valence-corrected chi connectivity index (χ1v) is 9.09. The van der Waals surface area contributed by atoms with E-state index in [4.69, 9.17) is 30.5 Å². The highest BCUT2D eigenvalue weighted by atomic mass is 35.5. The van der Waals surface area contributed by atoms with Crippen LogP contribution in [0.4, 0.5) is 0 Å². The fraction of sp³-hybridized carbons (Fsp3) is 0.300. The molecule has 2 aromatic carbocycles. The second-order valence-electron chi connectivity index (χ2n) is 5.76. The summed E-state index contributed by atoms with van der Waals surface area (Å²) in [7, 11) is 4.43. The fourth-order valence-electron chi connectivity index (χ4n) is 2.42. The summed E-state index contributed by atoms with van der Waals surface area (Å²) in [6, 6.07) is 9.80. The van der Waals surface area contributed by atoms with Crippen molar-refractivity contribution in [3.8, 4) is 23.0 Å². The van der Waals surface area contributed by atoms with Crippen molar-refractivity contribution in [1.82, 2.24) is 10.6 Å². The van der Waals surface area contributed by atoms with Gasteiger partial charge in [-0.05, 0) is 36.4 Å². The number of carbonyl (C=O) groups is 2. The maximum atomic E-state index is 12.4. The topological polar surface area (TPSA) is 95.1 Å². The fourth-order valence-corrected chi connectivity index (χ4v) is 2.55. The lowest BCUT2D eigenvalue weighted by molar-refractivity contribution is -0.123. The lowest BCUT2D eigenvalue weighted by atomic mass is 10.1. The average molecular weight is 423 g/mol. The number of amides is 2. The van der Waals surface area contributed by atoms with E-state index >= 15 is 0 Å². The van der Waals surface area contributed by atoms with E-state index in [9.17, 15) is 9.59 Å². The minimum absolute atomic E-state index is 0.136. The molecular formula is C20H23ClN2O6. The van der Waals surface area contributed by atoms with Crippen LogP contribution in [0.1, 0.15) is 10.4 Å². The van der Waals surface area contributed by atoms with E-state index < -0.39 is 0 Å². The molecule has 2 amide bonds. The summed E-state index contributed by atoms with van der Waals surface area (Å²) in [6.07, 6.45) is 0. The Morgan fingerprint density at radius 1 is 0.897 bits per heavy atom. The summed E-state index contributed by atoms with van der Waals surface area (Å²) in [5.41, 5.74) is 0.344. The second kappa shape index (κ2) is 11.0. The van der Waals surface area contributed by atoms with Crippen molar-refractivity contribution in [3.05, 3.63) is 47.0 Å². The van der Waals surface area contributed by atoms with Gasteiger partial charge in [-0.2, -0.15) is 0 Å². The zero-order valence-electron chi connectivity index (χ0n) is 16.4. The molecule has 0 aliphatic carbocycles. The standard InChI is InChI=1S/C20H23ClN2O6/c1-26-16-10-13(11-17(27-2)19(16)28-3)20(25)23-9-8-22-18(24)12-29-15-6-4-14(21)5-7-15/h4-7,10-11H,8-9,12H2,1-3H3,(H,22,24)(H,23,25). The van der Waals surface area contributed by atoms with Crippen molar-refractivity contribution in [2.24, 2.45) is 0 Å². The van der Waals surface area contributed by atoms with Crippen molar-refractivity contribution < 1.29 is 28.5 Å². The molecule has 8 nitrogen and oxygen atoms in total. The first-order chi connectivity index (χ1) is 14.0. The molecule has 29 heavy (non-hydrogen) atoms. The third-order valence-electron chi connectivity index (χ3n) is 3.84. The predicted molar refractivity (Wildman–Crippen MR) is 108 cm³/mol. The molecule has 2 rings (SSSR count). The molecule has 0 aromatic heterocycles. The van der Waals surface area contributed by atoms with Gasteiger partial charge in [0.1, 0.15) is 5.75 Å². The molecule has 0 aliphatic rings. The van der Waals surface area contributed by atoms with Gasteiger partial charge in [0.05, 0.1) is 21.3 Å². The zero-order valence-corrected chi connectivity index (χ0v) is 17.2. The Balaban J connectivity index is 1.79. The molecule has 0 fully saturated rings. The predicted octanol–water partition coefficient (Wildman–Crippen LogP) is 2.29. The third-order valence-corrected chi connectivity index (χ3v) is 4.10. The number of nitrogens with one attached hydrogen (secondary N) is 2. The molecule has 0 unspecified atom stereocenters. The SMILES string of the molecule is COc1cc(C(=O)NCCNC(=O)COc2ccc(Cl)cc2)cc(OC)c1OC.